The zero-order valence-electron chi connectivity index (χ0n) is 33.3. The van der Waals surface area contributed by atoms with Gasteiger partial charge >= 0.3 is 0 Å². The zero-order chi connectivity index (χ0) is 42.6. The number of β-amino-alcohol motifs (C(OH)–C–C–N with tert-alkyl or cyclic N) is 2. The van der Waals surface area contributed by atoms with E-state index in [1.807, 2.05) is 126 Å². The number of amides is 2. The molecule has 5 atom stereocenters. The Balaban J connectivity index is 0.803. The lowest BCUT2D eigenvalue weighted by atomic mass is 10.1. The number of allylic oxidation sites excluding steroid dienone is 1. The number of nitrogens with zero attached hydrogens (tertiary/aromatic N) is 4. The summed E-state index contributed by atoms with van der Waals surface area (Å²) >= 11 is 0. The fraction of sp³-hybridized carbons (Fsp3) is 0.364. The fourth-order valence-corrected chi connectivity index (χ4v) is 9.13. The van der Waals surface area contributed by atoms with Gasteiger partial charge in [-0.3, -0.25) is 9.59 Å². The second-order valence-electron chi connectivity index (χ2n) is 14.9. The highest BCUT2D eigenvalue weighted by atomic mass is 33.1. The summed E-state index contributed by atoms with van der Waals surface area (Å²) in [7, 11) is 3.28. The smallest absolute Gasteiger partial charge is 0.286 e. The summed E-state index contributed by atoms with van der Waals surface area (Å²) < 4.78 is 3.79. The van der Waals surface area contributed by atoms with E-state index >= 15 is 0 Å². The number of pyridine rings is 1. The number of aliphatic carboxylic acids is 2. The lowest BCUT2D eigenvalue weighted by Crippen LogP contribution is -2.44. The average Bonchev–Trinajstić information content (AvgIpc) is 3.94. The van der Waals surface area contributed by atoms with E-state index in [1.165, 1.54) is 0 Å². The highest BCUT2D eigenvalue weighted by Gasteiger charge is 2.33. The molecule has 16 heteroatoms. The number of aromatic nitrogens is 1. The van der Waals surface area contributed by atoms with Crippen molar-refractivity contribution in [1.29, 1.82) is 0 Å². The molecular formula is C44H50N6O8S2. The van der Waals surface area contributed by atoms with Crippen molar-refractivity contribution in [3.63, 3.8) is 0 Å². The van der Waals surface area contributed by atoms with E-state index in [9.17, 15) is 39.6 Å². The number of nitrogens with one attached hydrogen (secondary N) is 2. The van der Waals surface area contributed by atoms with E-state index in [0.29, 0.717) is 13.1 Å². The molecule has 3 aromatic rings. The maximum atomic E-state index is 12.6. The van der Waals surface area contributed by atoms with E-state index in [4.69, 9.17) is 0 Å². The summed E-state index contributed by atoms with van der Waals surface area (Å²) in [5.74, 6) is -1.06. The third-order valence-electron chi connectivity index (χ3n) is 10.6. The van der Waals surface area contributed by atoms with Crippen LogP contribution in [0.2, 0.25) is 0 Å². The first kappa shape index (κ1) is 44.1. The minimum atomic E-state index is -1.19. The molecule has 4 N–H and O–H groups in total. The molecule has 5 unspecified atom stereocenters. The molecule has 14 nitrogen and oxygen atoms in total. The molecule has 3 aliphatic rings. The molecule has 2 amide bonds. The zero-order valence-corrected chi connectivity index (χ0v) is 34.9. The molecule has 0 spiro atoms. The Morgan fingerprint density at radius 3 is 1.63 bits per heavy atom. The molecule has 1 aromatic heterocycles. The number of benzene rings is 2. The second kappa shape index (κ2) is 21.2. The van der Waals surface area contributed by atoms with Crippen molar-refractivity contribution in [3.8, 4) is 0 Å². The van der Waals surface area contributed by atoms with Crippen molar-refractivity contribution in [2.24, 2.45) is 0 Å². The number of carbonyl (C=O) groups excluding carboxylic acids is 4. The van der Waals surface area contributed by atoms with Crippen molar-refractivity contribution in [1.82, 2.24) is 10.6 Å². The van der Waals surface area contributed by atoms with Gasteiger partial charge in [0.2, 0.25) is 13.1 Å². The summed E-state index contributed by atoms with van der Waals surface area (Å²) in [4.78, 5) is 51.4. The first-order chi connectivity index (χ1) is 28.9. The molecule has 0 radical (unpaired) electrons. The first-order valence-electron chi connectivity index (χ1n) is 19.9. The van der Waals surface area contributed by atoms with Crippen LogP contribution in [0.5, 0.6) is 0 Å². The van der Waals surface area contributed by atoms with Gasteiger partial charge < -0.3 is 50.4 Å². The van der Waals surface area contributed by atoms with E-state index in [2.05, 4.69) is 10.6 Å². The van der Waals surface area contributed by atoms with Crippen LogP contribution in [0.3, 0.4) is 0 Å². The Bertz CT molecular complexity index is 2110. The predicted octanol–water partition coefficient (Wildman–Crippen LogP) is 0.263. The normalized spacial score (nSPS) is 21.4. The highest BCUT2D eigenvalue weighted by Crippen LogP contribution is 2.28. The van der Waals surface area contributed by atoms with Crippen molar-refractivity contribution >= 4 is 81.2 Å². The number of anilines is 2. The average molecular weight is 855 g/mol. The Hall–Kier alpha value is -5.42. The van der Waals surface area contributed by atoms with Gasteiger partial charge in [0.1, 0.15) is 0 Å². The predicted molar refractivity (Wildman–Crippen MR) is 231 cm³/mol. The van der Waals surface area contributed by atoms with Gasteiger partial charge in [0, 0.05) is 92.6 Å². The Morgan fingerprint density at radius 1 is 0.700 bits per heavy atom. The quantitative estimate of drug-likeness (QED) is 0.0733. The lowest BCUT2D eigenvalue weighted by Gasteiger charge is -2.27. The number of hydrogen-bond donors (Lipinski definition) is 4. The maximum absolute atomic E-state index is 12.6. The Kier molecular flexibility index (Phi) is 15.6. The van der Waals surface area contributed by atoms with Gasteiger partial charge in [0.25, 0.3) is 11.8 Å². The number of carbonyl (C=O) groups is 4. The summed E-state index contributed by atoms with van der Waals surface area (Å²) in [5, 5.41) is 48.7. The third kappa shape index (κ3) is 12.3. The summed E-state index contributed by atoms with van der Waals surface area (Å²) in [6, 6.07) is 17.1. The molecule has 0 aliphatic carbocycles. The van der Waals surface area contributed by atoms with Gasteiger partial charge in [-0.05, 0) is 41.0 Å². The molecule has 6 rings (SSSR count). The van der Waals surface area contributed by atoms with Crippen molar-refractivity contribution in [2.75, 3.05) is 54.0 Å². The van der Waals surface area contributed by atoms with E-state index in [0.717, 1.165) is 45.1 Å². The van der Waals surface area contributed by atoms with Gasteiger partial charge in [-0.1, -0.05) is 70.2 Å². The molecule has 2 fully saturated rings. The number of aliphatic hydroxyl groups is 2. The molecule has 0 bridgehead atoms. The van der Waals surface area contributed by atoms with Gasteiger partial charge in [-0.15, -0.1) is 0 Å². The minimum Gasteiger partial charge on any atom is -0.548 e. The molecule has 60 heavy (non-hydrogen) atoms. The van der Waals surface area contributed by atoms with Crippen molar-refractivity contribution in [3.05, 3.63) is 107 Å². The van der Waals surface area contributed by atoms with Gasteiger partial charge in [-0.2, -0.15) is 4.57 Å². The maximum Gasteiger partial charge on any atom is 0.286 e. The van der Waals surface area contributed by atoms with Crippen LogP contribution in [0.25, 0.3) is 18.2 Å². The fourth-order valence-electron chi connectivity index (χ4n) is 7.32. The second-order valence-corrected chi connectivity index (χ2v) is 17.6. The van der Waals surface area contributed by atoms with Crippen LogP contribution in [0.15, 0.2) is 90.8 Å². The van der Waals surface area contributed by atoms with Crippen LogP contribution in [0, 0.1) is 0 Å². The van der Waals surface area contributed by atoms with Crippen molar-refractivity contribution < 1.29 is 48.7 Å². The number of aliphatic hydroxyl groups excluding tert-OH is 2. The number of hydrogen-bond acceptors (Lipinski definition) is 12. The molecule has 316 valence electrons. The molecular weight excluding hydrogens is 805 g/mol. The monoisotopic (exact) mass is 854 g/mol. The first-order valence-corrected chi connectivity index (χ1v) is 22.4. The van der Waals surface area contributed by atoms with E-state index in [1.54, 1.807) is 31.4 Å². The molecule has 4 heterocycles. The van der Waals surface area contributed by atoms with Crippen LogP contribution < -0.4 is 35.2 Å². The van der Waals surface area contributed by atoms with Crippen LogP contribution in [0.4, 0.5) is 11.4 Å². The number of rotatable bonds is 19. The summed E-state index contributed by atoms with van der Waals surface area (Å²) in [5.41, 5.74) is 5.35. The largest absolute Gasteiger partial charge is 0.548 e. The Morgan fingerprint density at radius 2 is 1.15 bits per heavy atom. The molecule has 2 aromatic carbocycles. The molecule has 2 saturated heterocycles. The SMILES string of the molecule is CC1C(/C=C/c2ccc(N3CC(O)CC3C(=O)[O-])cc2)=CC=[N+]1CC(=O)NCCSSCCNC(=O)C[n+]1ccc(/C=C/c2ccc(N3CC(O)CC3C(=O)[O-])cc2)cc1. The molecule has 3 aliphatic heterocycles. The van der Waals surface area contributed by atoms with E-state index < -0.39 is 36.2 Å². The van der Waals surface area contributed by atoms with Crippen LogP contribution in [-0.2, 0) is 25.7 Å². The standard InChI is InChI=1S/C44H50N6O8S2/c1-30-34(9-4-32-7-12-36(13-8-32)50-27-38(52)25-40(50)44(57)58)16-21-48(30)29-42(54)46-18-23-60-59-22-17-45-41(53)28-47-19-14-33(15-20-47)3-2-31-5-10-35(11-6-31)49-26-37(51)24-39(49)43(55)56/h2-16,19-21,30,37-40,51-52H,17-18,22-29H2,1H3,(H2-2,45,46,53,54,55,56,57,58). The third-order valence-corrected chi connectivity index (χ3v) is 13.0. The van der Waals surface area contributed by atoms with Crippen LogP contribution >= 0.6 is 21.6 Å². The topological polar surface area (TPSA) is 192 Å². The van der Waals surface area contributed by atoms with Gasteiger partial charge in [0.05, 0.1) is 36.2 Å². The highest BCUT2D eigenvalue weighted by molar-refractivity contribution is 8.76. The number of carboxylic acid groups (broad SMARTS) is 2. The summed E-state index contributed by atoms with van der Waals surface area (Å²) in [6.07, 6.45) is 14.4. The Labute approximate surface area is 357 Å². The van der Waals surface area contributed by atoms with Crippen molar-refractivity contribution in [2.45, 2.75) is 56.6 Å². The van der Waals surface area contributed by atoms with Crippen LogP contribution in [-0.4, -0.2) is 119 Å². The summed E-state index contributed by atoms with van der Waals surface area (Å²) in [6.45, 7) is 4.06. The molecule has 0 saturated carbocycles. The number of carboxylic acids is 2. The van der Waals surface area contributed by atoms with E-state index in [-0.39, 0.29) is 56.9 Å². The van der Waals surface area contributed by atoms with Gasteiger partial charge in [-0.25, -0.2) is 4.58 Å². The van der Waals surface area contributed by atoms with Gasteiger partial charge in [0.15, 0.2) is 24.7 Å². The van der Waals surface area contributed by atoms with Crippen LogP contribution in [0.1, 0.15) is 36.5 Å². The lowest BCUT2D eigenvalue weighted by molar-refractivity contribution is -0.684. The minimum absolute atomic E-state index is 0.0209.